The van der Waals surface area contributed by atoms with Crippen LogP contribution in [0.2, 0.25) is 0 Å². The van der Waals surface area contributed by atoms with Crippen LogP contribution in [0.4, 0.5) is 5.69 Å². The van der Waals surface area contributed by atoms with Crippen LogP contribution in [0.25, 0.3) is 10.8 Å². The van der Waals surface area contributed by atoms with Gasteiger partial charge in [-0.25, -0.2) is 0 Å². The molecule has 0 aliphatic carbocycles. The summed E-state index contributed by atoms with van der Waals surface area (Å²) in [6.45, 7) is 1.71. The van der Waals surface area contributed by atoms with Gasteiger partial charge in [-0.3, -0.25) is 4.79 Å². The summed E-state index contributed by atoms with van der Waals surface area (Å²) in [5.41, 5.74) is 6.89. The van der Waals surface area contributed by atoms with E-state index >= 15 is 0 Å². The number of benzene rings is 2. The van der Waals surface area contributed by atoms with Gasteiger partial charge < -0.3 is 15.7 Å². The van der Waals surface area contributed by atoms with Crippen molar-refractivity contribution < 1.29 is 9.90 Å². The summed E-state index contributed by atoms with van der Waals surface area (Å²) < 4.78 is 0. The largest absolute Gasteiger partial charge is 0.398 e. The van der Waals surface area contributed by atoms with E-state index in [0.717, 1.165) is 10.8 Å². The summed E-state index contributed by atoms with van der Waals surface area (Å²) in [7, 11) is 1.66. The number of aliphatic hydroxyl groups excluding tert-OH is 1. The van der Waals surface area contributed by atoms with Crippen LogP contribution >= 0.6 is 0 Å². The van der Waals surface area contributed by atoms with E-state index in [2.05, 4.69) is 0 Å². The second-order valence-electron chi connectivity index (χ2n) is 4.73. The number of hydrogen-bond acceptors (Lipinski definition) is 3. The number of nitrogen functional groups attached to an aromatic ring is 1. The number of fused-ring (bicyclic) bond motifs is 1. The number of likely N-dealkylation sites (N-methyl/N-ethyl adjacent to an activating group) is 1. The average Bonchev–Trinajstić information content (AvgIpc) is 2.44. The Morgan fingerprint density at radius 2 is 1.89 bits per heavy atom. The van der Waals surface area contributed by atoms with Crippen LogP contribution in [-0.4, -0.2) is 35.6 Å². The van der Waals surface area contributed by atoms with E-state index in [1.807, 2.05) is 24.3 Å². The molecular formula is C15H18N2O2. The van der Waals surface area contributed by atoms with Crippen molar-refractivity contribution in [3.63, 3.8) is 0 Å². The first-order valence-corrected chi connectivity index (χ1v) is 6.21. The third-order valence-corrected chi connectivity index (χ3v) is 3.39. The van der Waals surface area contributed by atoms with Crippen molar-refractivity contribution in [1.82, 2.24) is 4.90 Å². The second kappa shape index (κ2) is 5.28. The van der Waals surface area contributed by atoms with Crippen LogP contribution < -0.4 is 5.73 Å². The van der Waals surface area contributed by atoms with Crippen molar-refractivity contribution in [3.8, 4) is 0 Å². The van der Waals surface area contributed by atoms with Crippen LogP contribution in [0.15, 0.2) is 36.4 Å². The fourth-order valence-corrected chi connectivity index (χ4v) is 1.96. The van der Waals surface area contributed by atoms with Gasteiger partial charge in [0, 0.05) is 12.7 Å². The SMILES string of the molecule is CC(CO)N(C)C(=O)c1cc2ccccc2cc1N. The third kappa shape index (κ3) is 2.53. The van der Waals surface area contributed by atoms with Crippen LogP contribution in [0, 0.1) is 0 Å². The Hall–Kier alpha value is -2.07. The maximum absolute atomic E-state index is 12.3. The van der Waals surface area contributed by atoms with Gasteiger partial charge in [-0.2, -0.15) is 0 Å². The Kier molecular flexibility index (Phi) is 3.71. The zero-order valence-corrected chi connectivity index (χ0v) is 11.1. The number of anilines is 1. The summed E-state index contributed by atoms with van der Waals surface area (Å²) >= 11 is 0. The molecule has 19 heavy (non-hydrogen) atoms. The standard InChI is InChI=1S/C15H18N2O2/c1-10(9-18)17(2)15(19)13-7-11-5-3-4-6-12(11)8-14(13)16/h3-8,10,18H,9,16H2,1-2H3. The Balaban J connectivity index is 2.44. The lowest BCUT2D eigenvalue weighted by molar-refractivity contribution is 0.0683. The van der Waals surface area contributed by atoms with Crippen molar-refractivity contribution in [2.75, 3.05) is 19.4 Å². The zero-order valence-electron chi connectivity index (χ0n) is 11.1. The minimum atomic E-state index is -0.238. The van der Waals surface area contributed by atoms with Crippen molar-refractivity contribution in [1.29, 1.82) is 0 Å². The molecule has 0 aliphatic rings. The fourth-order valence-electron chi connectivity index (χ4n) is 1.96. The molecule has 1 amide bonds. The molecule has 0 saturated carbocycles. The molecule has 0 radical (unpaired) electrons. The minimum Gasteiger partial charge on any atom is -0.398 e. The molecule has 0 fully saturated rings. The normalized spacial score (nSPS) is 12.4. The lowest BCUT2D eigenvalue weighted by Gasteiger charge is -2.24. The van der Waals surface area contributed by atoms with Gasteiger partial charge >= 0.3 is 0 Å². The highest BCUT2D eigenvalue weighted by Gasteiger charge is 2.19. The van der Waals surface area contributed by atoms with E-state index in [4.69, 9.17) is 10.8 Å². The van der Waals surface area contributed by atoms with Gasteiger partial charge in [0.15, 0.2) is 0 Å². The molecule has 0 aromatic heterocycles. The average molecular weight is 258 g/mol. The summed E-state index contributed by atoms with van der Waals surface area (Å²) in [6.07, 6.45) is 0. The Labute approximate surface area is 112 Å². The highest BCUT2D eigenvalue weighted by molar-refractivity contribution is 6.03. The molecule has 3 N–H and O–H groups in total. The van der Waals surface area contributed by atoms with Gasteiger partial charge in [-0.1, -0.05) is 24.3 Å². The van der Waals surface area contributed by atoms with Crippen LogP contribution in [0.1, 0.15) is 17.3 Å². The van der Waals surface area contributed by atoms with E-state index in [-0.39, 0.29) is 18.6 Å². The first-order chi connectivity index (χ1) is 9.04. The van der Waals surface area contributed by atoms with Crippen LogP contribution in [-0.2, 0) is 0 Å². The number of nitrogens with two attached hydrogens (primary N) is 1. The number of rotatable bonds is 3. The first kappa shape index (κ1) is 13.4. The smallest absolute Gasteiger partial charge is 0.256 e. The third-order valence-electron chi connectivity index (χ3n) is 3.39. The van der Waals surface area contributed by atoms with E-state index in [1.165, 1.54) is 4.90 Å². The number of aliphatic hydroxyl groups is 1. The highest BCUT2D eigenvalue weighted by Crippen LogP contribution is 2.23. The highest BCUT2D eigenvalue weighted by atomic mass is 16.3. The Morgan fingerprint density at radius 1 is 1.32 bits per heavy atom. The lowest BCUT2D eigenvalue weighted by Crippen LogP contribution is -2.37. The monoisotopic (exact) mass is 258 g/mol. The molecule has 0 bridgehead atoms. The lowest BCUT2D eigenvalue weighted by atomic mass is 10.0. The molecule has 2 aromatic carbocycles. The molecule has 1 unspecified atom stereocenters. The summed E-state index contributed by atoms with van der Waals surface area (Å²) in [5, 5.41) is 11.1. The topological polar surface area (TPSA) is 66.6 Å². The van der Waals surface area contributed by atoms with E-state index in [9.17, 15) is 4.79 Å². The van der Waals surface area contributed by atoms with Crippen LogP contribution in [0.3, 0.4) is 0 Å². The molecular weight excluding hydrogens is 240 g/mol. The maximum Gasteiger partial charge on any atom is 0.256 e. The molecule has 4 nitrogen and oxygen atoms in total. The number of nitrogens with zero attached hydrogens (tertiary/aromatic N) is 1. The predicted molar refractivity (Wildman–Crippen MR) is 77.0 cm³/mol. The molecule has 2 rings (SSSR count). The molecule has 2 aromatic rings. The van der Waals surface area contributed by atoms with Crippen molar-refractivity contribution in [3.05, 3.63) is 42.0 Å². The van der Waals surface area contributed by atoms with E-state index in [0.29, 0.717) is 11.3 Å². The van der Waals surface area contributed by atoms with E-state index < -0.39 is 0 Å². The van der Waals surface area contributed by atoms with E-state index in [1.54, 1.807) is 26.1 Å². The summed E-state index contributed by atoms with van der Waals surface area (Å²) in [6, 6.07) is 11.1. The molecule has 1 atom stereocenters. The minimum absolute atomic E-state index is 0.0737. The summed E-state index contributed by atoms with van der Waals surface area (Å²) in [5.74, 6) is -0.176. The van der Waals surface area contributed by atoms with Crippen molar-refractivity contribution >= 4 is 22.4 Å². The molecule has 100 valence electrons. The molecule has 0 saturated heterocycles. The van der Waals surface area contributed by atoms with Crippen LogP contribution in [0.5, 0.6) is 0 Å². The quantitative estimate of drug-likeness (QED) is 0.826. The van der Waals surface area contributed by atoms with Gasteiger partial charge in [-0.15, -0.1) is 0 Å². The number of hydrogen-bond donors (Lipinski definition) is 2. The Bertz CT molecular complexity index is 610. The first-order valence-electron chi connectivity index (χ1n) is 6.21. The number of amides is 1. The van der Waals surface area contributed by atoms with Crippen molar-refractivity contribution in [2.45, 2.75) is 13.0 Å². The van der Waals surface area contributed by atoms with Gasteiger partial charge in [0.2, 0.25) is 0 Å². The Morgan fingerprint density at radius 3 is 2.47 bits per heavy atom. The fraction of sp³-hybridized carbons (Fsp3) is 0.267. The van der Waals surface area contributed by atoms with Gasteiger partial charge in [0.05, 0.1) is 18.2 Å². The van der Waals surface area contributed by atoms with Gasteiger partial charge in [-0.05, 0) is 29.8 Å². The molecule has 0 spiro atoms. The molecule has 0 heterocycles. The summed E-state index contributed by atoms with van der Waals surface area (Å²) in [4.78, 5) is 13.8. The van der Waals surface area contributed by atoms with Gasteiger partial charge in [0.1, 0.15) is 0 Å². The van der Waals surface area contributed by atoms with Crippen molar-refractivity contribution in [2.24, 2.45) is 0 Å². The number of carbonyl (C=O) groups is 1. The molecule has 4 heteroatoms. The second-order valence-corrected chi connectivity index (χ2v) is 4.73. The number of carbonyl (C=O) groups excluding carboxylic acids is 1. The maximum atomic E-state index is 12.3. The molecule has 0 aliphatic heterocycles. The van der Waals surface area contributed by atoms with Gasteiger partial charge in [0.25, 0.3) is 5.91 Å². The zero-order chi connectivity index (χ0) is 14.0. The predicted octanol–water partition coefficient (Wildman–Crippen LogP) is 1.87.